The Hall–Kier alpha value is -0.860. The number of hydrogen-bond acceptors (Lipinski definition) is 2. The number of rotatable bonds is 6. The molecule has 0 spiro atoms. The van der Waals surface area contributed by atoms with Crippen LogP contribution in [0, 0.1) is 0 Å². The van der Waals surface area contributed by atoms with E-state index in [1.165, 1.54) is 5.56 Å². The minimum atomic E-state index is 0.145. The van der Waals surface area contributed by atoms with Crippen LogP contribution in [0.1, 0.15) is 45.2 Å². The Morgan fingerprint density at radius 2 is 1.82 bits per heavy atom. The van der Waals surface area contributed by atoms with Gasteiger partial charge in [0.1, 0.15) is 0 Å². The summed E-state index contributed by atoms with van der Waals surface area (Å²) >= 11 is 0. The van der Waals surface area contributed by atoms with Gasteiger partial charge in [-0.25, -0.2) is 0 Å². The summed E-state index contributed by atoms with van der Waals surface area (Å²) in [6, 6.07) is 10.5. The van der Waals surface area contributed by atoms with E-state index in [2.05, 4.69) is 57.0 Å². The summed E-state index contributed by atoms with van der Waals surface area (Å²) in [4.78, 5) is 2.40. The molecule has 1 unspecified atom stereocenters. The molecule has 0 fully saturated rings. The molecule has 0 bridgehead atoms. The fourth-order valence-corrected chi connectivity index (χ4v) is 1.77. The predicted octanol–water partition coefficient (Wildman–Crippen LogP) is 3.20. The van der Waals surface area contributed by atoms with Gasteiger partial charge in [-0.2, -0.15) is 0 Å². The van der Waals surface area contributed by atoms with Crippen LogP contribution >= 0.6 is 0 Å². The Kier molecular flexibility index (Phi) is 5.16. The first-order valence-electron chi connectivity index (χ1n) is 6.49. The summed E-state index contributed by atoms with van der Waals surface area (Å²) in [7, 11) is 2.18. The SMILES string of the molecule is CCC(C)(C)N(C)CCC(N)c1ccccc1. The summed E-state index contributed by atoms with van der Waals surface area (Å²) in [5, 5.41) is 0. The lowest BCUT2D eigenvalue weighted by molar-refractivity contribution is 0.146. The molecule has 0 aliphatic rings. The van der Waals surface area contributed by atoms with Gasteiger partial charge >= 0.3 is 0 Å². The van der Waals surface area contributed by atoms with Crippen molar-refractivity contribution in [1.29, 1.82) is 0 Å². The van der Waals surface area contributed by atoms with Crippen molar-refractivity contribution in [3.63, 3.8) is 0 Å². The van der Waals surface area contributed by atoms with Gasteiger partial charge in [-0.05, 0) is 39.3 Å². The summed E-state index contributed by atoms with van der Waals surface area (Å²) in [5.74, 6) is 0. The fourth-order valence-electron chi connectivity index (χ4n) is 1.77. The standard InChI is InChI=1S/C15H26N2/c1-5-15(2,3)17(4)12-11-14(16)13-9-7-6-8-10-13/h6-10,14H,5,11-12,16H2,1-4H3. The molecule has 0 aliphatic carbocycles. The van der Waals surface area contributed by atoms with E-state index in [4.69, 9.17) is 5.73 Å². The second-order valence-corrected chi connectivity index (χ2v) is 5.39. The van der Waals surface area contributed by atoms with Crippen LogP contribution < -0.4 is 5.73 Å². The molecule has 1 rings (SSSR count). The molecule has 1 aromatic carbocycles. The van der Waals surface area contributed by atoms with Gasteiger partial charge < -0.3 is 10.6 Å². The van der Waals surface area contributed by atoms with Crippen molar-refractivity contribution in [2.45, 2.75) is 45.2 Å². The van der Waals surface area contributed by atoms with Gasteiger partial charge in [0.05, 0.1) is 0 Å². The molecule has 1 atom stereocenters. The van der Waals surface area contributed by atoms with Crippen LogP contribution in [0.15, 0.2) is 30.3 Å². The molecular weight excluding hydrogens is 208 g/mol. The molecule has 0 aliphatic heterocycles. The van der Waals surface area contributed by atoms with Crippen LogP contribution in [0.5, 0.6) is 0 Å². The zero-order valence-electron chi connectivity index (χ0n) is 11.6. The molecule has 2 heteroatoms. The lowest BCUT2D eigenvalue weighted by Crippen LogP contribution is -2.41. The zero-order valence-corrected chi connectivity index (χ0v) is 11.6. The Bertz CT molecular complexity index is 319. The summed E-state index contributed by atoms with van der Waals surface area (Å²) in [5.41, 5.74) is 7.69. The van der Waals surface area contributed by atoms with E-state index in [-0.39, 0.29) is 11.6 Å². The van der Waals surface area contributed by atoms with Crippen LogP contribution in [0.3, 0.4) is 0 Å². The van der Waals surface area contributed by atoms with Gasteiger partial charge in [0.15, 0.2) is 0 Å². The van der Waals surface area contributed by atoms with Gasteiger partial charge in [-0.15, -0.1) is 0 Å². The summed E-state index contributed by atoms with van der Waals surface area (Å²) in [6.07, 6.45) is 2.16. The van der Waals surface area contributed by atoms with E-state index >= 15 is 0 Å². The van der Waals surface area contributed by atoms with Gasteiger partial charge in [0.25, 0.3) is 0 Å². The average Bonchev–Trinajstić information content (AvgIpc) is 2.36. The van der Waals surface area contributed by atoms with Gasteiger partial charge in [0, 0.05) is 18.1 Å². The maximum Gasteiger partial charge on any atom is 0.0307 e. The highest BCUT2D eigenvalue weighted by Gasteiger charge is 2.21. The van der Waals surface area contributed by atoms with Gasteiger partial charge in [-0.1, -0.05) is 37.3 Å². The Labute approximate surface area is 106 Å². The first-order chi connectivity index (χ1) is 7.97. The second kappa shape index (κ2) is 6.18. The average molecular weight is 234 g/mol. The molecule has 0 saturated heterocycles. The Morgan fingerprint density at radius 1 is 1.24 bits per heavy atom. The van der Waals surface area contributed by atoms with Crippen molar-refractivity contribution >= 4 is 0 Å². The number of benzene rings is 1. The van der Waals surface area contributed by atoms with Crippen molar-refractivity contribution < 1.29 is 0 Å². The Morgan fingerprint density at radius 3 is 2.35 bits per heavy atom. The third-order valence-corrected chi connectivity index (χ3v) is 3.90. The monoisotopic (exact) mass is 234 g/mol. The molecule has 1 aromatic rings. The predicted molar refractivity (Wildman–Crippen MR) is 75.0 cm³/mol. The summed E-state index contributed by atoms with van der Waals surface area (Å²) in [6.45, 7) is 7.83. The van der Waals surface area contributed by atoms with E-state index in [9.17, 15) is 0 Å². The highest BCUT2D eigenvalue weighted by Crippen LogP contribution is 2.19. The lowest BCUT2D eigenvalue weighted by atomic mass is 9.98. The molecular formula is C15H26N2. The van der Waals surface area contributed by atoms with E-state index in [1.54, 1.807) is 0 Å². The molecule has 2 nitrogen and oxygen atoms in total. The van der Waals surface area contributed by atoms with Crippen molar-refractivity contribution in [2.75, 3.05) is 13.6 Å². The molecule has 0 saturated carbocycles. The number of nitrogens with zero attached hydrogens (tertiary/aromatic N) is 1. The molecule has 0 heterocycles. The molecule has 0 amide bonds. The first kappa shape index (κ1) is 14.2. The largest absolute Gasteiger partial charge is 0.324 e. The Balaban J connectivity index is 2.46. The van der Waals surface area contributed by atoms with Gasteiger partial charge in [-0.3, -0.25) is 0 Å². The van der Waals surface area contributed by atoms with Crippen LogP contribution in [-0.2, 0) is 0 Å². The van der Waals surface area contributed by atoms with Crippen molar-refractivity contribution in [3.8, 4) is 0 Å². The van der Waals surface area contributed by atoms with E-state index in [0.717, 1.165) is 19.4 Å². The highest BCUT2D eigenvalue weighted by molar-refractivity contribution is 5.18. The van der Waals surface area contributed by atoms with Crippen LogP contribution in [-0.4, -0.2) is 24.0 Å². The van der Waals surface area contributed by atoms with E-state index in [1.807, 2.05) is 6.07 Å². The molecule has 0 aromatic heterocycles. The first-order valence-corrected chi connectivity index (χ1v) is 6.49. The smallest absolute Gasteiger partial charge is 0.0307 e. The molecule has 2 N–H and O–H groups in total. The normalized spacial score (nSPS) is 14.0. The van der Waals surface area contributed by atoms with Crippen molar-refractivity contribution in [1.82, 2.24) is 4.90 Å². The lowest BCUT2D eigenvalue weighted by Gasteiger charge is -2.35. The highest BCUT2D eigenvalue weighted by atomic mass is 15.2. The minimum Gasteiger partial charge on any atom is -0.324 e. The second-order valence-electron chi connectivity index (χ2n) is 5.39. The van der Waals surface area contributed by atoms with Crippen molar-refractivity contribution in [2.24, 2.45) is 5.73 Å². The maximum atomic E-state index is 6.20. The van der Waals surface area contributed by atoms with Crippen LogP contribution in [0.25, 0.3) is 0 Å². The molecule has 96 valence electrons. The topological polar surface area (TPSA) is 29.3 Å². The molecule has 0 radical (unpaired) electrons. The van der Waals surface area contributed by atoms with Gasteiger partial charge in [0.2, 0.25) is 0 Å². The van der Waals surface area contributed by atoms with E-state index in [0.29, 0.717) is 0 Å². The number of hydrogen-bond donors (Lipinski definition) is 1. The van der Waals surface area contributed by atoms with Crippen LogP contribution in [0.2, 0.25) is 0 Å². The van der Waals surface area contributed by atoms with E-state index < -0.39 is 0 Å². The quantitative estimate of drug-likeness (QED) is 0.819. The maximum absolute atomic E-state index is 6.20. The zero-order chi connectivity index (χ0) is 12.9. The fraction of sp³-hybridized carbons (Fsp3) is 0.600. The van der Waals surface area contributed by atoms with Crippen molar-refractivity contribution in [3.05, 3.63) is 35.9 Å². The molecule has 17 heavy (non-hydrogen) atoms. The third-order valence-electron chi connectivity index (χ3n) is 3.90. The minimum absolute atomic E-state index is 0.145. The van der Waals surface area contributed by atoms with Crippen LogP contribution in [0.4, 0.5) is 0 Å². The third kappa shape index (κ3) is 4.14. The summed E-state index contributed by atoms with van der Waals surface area (Å²) < 4.78 is 0. The number of nitrogens with two attached hydrogens (primary N) is 1.